The van der Waals surface area contributed by atoms with Crippen LogP contribution >= 0.6 is 11.8 Å². The first kappa shape index (κ1) is 13.5. The Kier molecular flexibility index (Phi) is 4.72. The van der Waals surface area contributed by atoms with Crippen LogP contribution in [0.25, 0.3) is 10.9 Å². The molecule has 0 atom stereocenters. The predicted molar refractivity (Wildman–Crippen MR) is 82.4 cm³/mol. The highest BCUT2D eigenvalue weighted by atomic mass is 32.2. The van der Waals surface area contributed by atoms with Gasteiger partial charge in [-0.25, -0.2) is 0 Å². The molecule has 0 spiro atoms. The van der Waals surface area contributed by atoms with Crippen molar-refractivity contribution in [1.29, 1.82) is 0 Å². The normalized spacial score (nSPS) is 11.3. The number of nitrogens with one attached hydrogen (secondary N) is 1. The summed E-state index contributed by atoms with van der Waals surface area (Å²) in [5.41, 5.74) is 4.14. The van der Waals surface area contributed by atoms with Gasteiger partial charge in [-0.3, -0.25) is 0 Å². The third-order valence-corrected chi connectivity index (χ3v) is 4.20. The number of fused-ring (bicyclic) bond motifs is 1. The van der Waals surface area contributed by atoms with Crippen molar-refractivity contribution in [1.82, 2.24) is 9.88 Å². The summed E-state index contributed by atoms with van der Waals surface area (Å²) < 4.78 is 2.31. The third kappa shape index (κ3) is 2.73. The quantitative estimate of drug-likeness (QED) is 0.804. The molecule has 1 aromatic heterocycles. The maximum absolute atomic E-state index is 3.54. The van der Waals surface area contributed by atoms with Gasteiger partial charge < -0.3 is 9.88 Å². The molecule has 0 aliphatic heterocycles. The zero-order valence-corrected chi connectivity index (χ0v) is 12.3. The lowest BCUT2D eigenvalue weighted by molar-refractivity contribution is 0.648. The van der Waals surface area contributed by atoms with Gasteiger partial charge in [0.15, 0.2) is 0 Å². The van der Waals surface area contributed by atoms with Crippen LogP contribution in [-0.2, 0) is 13.6 Å². The largest absolute Gasteiger partial charge is 0.346 e. The summed E-state index contributed by atoms with van der Waals surface area (Å²) in [6.07, 6.45) is 3.40. The number of aromatic nitrogens is 1. The van der Waals surface area contributed by atoms with Crippen LogP contribution < -0.4 is 5.32 Å². The van der Waals surface area contributed by atoms with Gasteiger partial charge in [0.25, 0.3) is 0 Å². The van der Waals surface area contributed by atoms with Crippen LogP contribution in [0.1, 0.15) is 17.7 Å². The molecule has 0 amide bonds. The average Bonchev–Trinajstić information content (AvgIpc) is 2.64. The highest BCUT2D eigenvalue weighted by molar-refractivity contribution is 7.98. The molecule has 3 heteroatoms. The Morgan fingerprint density at radius 2 is 2.06 bits per heavy atom. The van der Waals surface area contributed by atoms with Crippen molar-refractivity contribution in [2.45, 2.75) is 19.9 Å². The molecule has 0 radical (unpaired) electrons. The van der Waals surface area contributed by atoms with Crippen molar-refractivity contribution in [2.75, 3.05) is 18.6 Å². The second-order valence-corrected chi connectivity index (χ2v) is 5.66. The zero-order chi connectivity index (χ0) is 13.0. The highest BCUT2D eigenvalue weighted by Gasteiger charge is 2.09. The van der Waals surface area contributed by atoms with Crippen LogP contribution in [0.2, 0.25) is 0 Å². The maximum Gasteiger partial charge on any atom is 0.0483 e. The van der Waals surface area contributed by atoms with Crippen LogP contribution in [0.3, 0.4) is 0 Å². The van der Waals surface area contributed by atoms with E-state index in [9.17, 15) is 0 Å². The van der Waals surface area contributed by atoms with E-state index < -0.39 is 0 Å². The lowest BCUT2D eigenvalue weighted by atomic mass is 10.1. The van der Waals surface area contributed by atoms with Crippen molar-refractivity contribution < 1.29 is 0 Å². The van der Waals surface area contributed by atoms with Crippen LogP contribution in [0, 0.1) is 6.92 Å². The maximum atomic E-state index is 3.54. The second-order valence-electron chi connectivity index (χ2n) is 4.67. The Morgan fingerprint density at radius 3 is 2.78 bits per heavy atom. The molecule has 0 fully saturated rings. The molecule has 2 nitrogen and oxygen atoms in total. The first-order valence-electron chi connectivity index (χ1n) is 6.48. The number of hydrogen-bond donors (Lipinski definition) is 1. The van der Waals surface area contributed by atoms with Crippen LogP contribution in [-0.4, -0.2) is 23.1 Å². The molecule has 0 aliphatic carbocycles. The van der Waals surface area contributed by atoms with Crippen molar-refractivity contribution in [3.8, 4) is 0 Å². The fraction of sp³-hybridized carbons (Fsp3) is 0.467. The molecule has 0 unspecified atom stereocenters. The van der Waals surface area contributed by atoms with E-state index in [0.29, 0.717) is 0 Å². The molecule has 1 heterocycles. The van der Waals surface area contributed by atoms with Gasteiger partial charge in [0, 0.05) is 30.2 Å². The molecule has 1 N–H and O–H groups in total. The van der Waals surface area contributed by atoms with E-state index in [4.69, 9.17) is 0 Å². The minimum absolute atomic E-state index is 0.964. The Balaban J connectivity index is 2.08. The van der Waals surface area contributed by atoms with E-state index in [2.05, 4.69) is 54.4 Å². The number of aryl methyl sites for hydroxylation is 2. The van der Waals surface area contributed by atoms with Crippen LogP contribution in [0.15, 0.2) is 24.3 Å². The topological polar surface area (TPSA) is 17.0 Å². The van der Waals surface area contributed by atoms with E-state index in [1.165, 1.54) is 34.3 Å². The Hall–Kier alpha value is -0.930. The molecule has 0 saturated carbocycles. The molecule has 0 bridgehead atoms. The van der Waals surface area contributed by atoms with E-state index in [1.54, 1.807) is 0 Å². The lowest BCUT2D eigenvalue weighted by Crippen LogP contribution is -2.17. The van der Waals surface area contributed by atoms with Crippen LogP contribution in [0.4, 0.5) is 0 Å². The fourth-order valence-corrected chi connectivity index (χ4v) is 2.87. The molecule has 18 heavy (non-hydrogen) atoms. The Bertz CT molecular complexity index is 477. The molecule has 2 rings (SSSR count). The summed E-state index contributed by atoms with van der Waals surface area (Å²) in [6, 6.07) is 8.63. The number of thioether (sulfide) groups is 1. The van der Waals surface area contributed by atoms with E-state index >= 15 is 0 Å². The van der Waals surface area contributed by atoms with Crippen molar-refractivity contribution in [3.63, 3.8) is 0 Å². The van der Waals surface area contributed by atoms with Gasteiger partial charge in [-0.1, -0.05) is 18.2 Å². The monoisotopic (exact) mass is 262 g/mol. The molecule has 1 aromatic carbocycles. The number of para-hydroxylation sites is 1. The first-order chi connectivity index (χ1) is 8.75. The summed E-state index contributed by atoms with van der Waals surface area (Å²) in [6.45, 7) is 4.29. The van der Waals surface area contributed by atoms with E-state index in [1.807, 2.05) is 11.8 Å². The van der Waals surface area contributed by atoms with Gasteiger partial charge in [-0.15, -0.1) is 0 Å². The minimum Gasteiger partial charge on any atom is -0.346 e. The molecule has 98 valence electrons. The number of nitrogens with zero attached hydrogens (tertiary/aromatic N) is 1. The van der Waals surface area contributed by atoms with Gasteiger partial charge >= 0.3 is 0 Å². The SMILES string of the molecule is CSCCCNCc1c(C)c2ccccc2n1C. The molecule has 0 saturated heterocycles. The second kappa shape index (κ2) is 6.30. The fourth-order valence-electron chi connectivity index (χ4n) is 2.44. The van der Waals surface area contributed by atoms with Gasteiger partial charge in [0.2, 0.25) is 0 Å². The molecular formula is C15H22N2S. The third-order valence-electron chi connectivity index (χ3n) is 3.50. The predicted octanol–water partition coefficient (Wildman–Crippen LogP) is 3.33. The molecule has 0 aliphatic rings. The number of hydrogen-bond acceptors (Lipinski definition) is 2. The van der Waals surface area contributed by atoms with Gasteiger partial charge in [0.05, 0.1) is 0 Å². The smallest absolute Gasteiger partial charge is 0.0483 e. The summed E-state index contributed by atoms with van der Waals surface area (Å²) >= 11 is 1.91. The summed E-state index contributed by atoms with van der Waals surface area (Å²) in [5.74, 6) is 1.24. The minimum atomic E-state index is 0.964. The average molecular weight is 262 g/mol. The van der Waals surface area contributed by atoms with Gasteiger partial charge in [-0.2, -0.15) is 11.8 Å². The van der Waals surface area contributed by atoms with Crippen molar-refractivity contribution in [2.24, 2.45) is 7.05 Å². The van der Waals surface area contributed by atoms with E-state index in [-0.39, 0.29) is 0 Å². The van der Waals surface area contributed by atoms with Gasteiger partial charge in [0.1, 0.15) is 0 Å². The number of benzene rings is 1. The zero-order valence-electron chi connectivity index (χ0n) is 11.5. The molecular weight excluding hydrogens is 240 g/mol. The van der Waals surface area contributed by atoms with Gasteiger partial charge in [-0.05, 0) is 43.5 Å². The van der Waals surface area contributed by atoms with Crippen molar-refractivity contribution in [3.05, 3.63) is 35.5 Å². The standard InChI is InChI=1S/C15H22N2S/c1-12-13-7-4-5-8-14(13)17(2)15(12)11-16-9-6-10-18-3/h4-5,7-8,16H,6,9-11H2,1-3H3. The lowest BCUT2D eigenvalue weighted by Gasteiger charge is -2.07. The number of rotatable bonds is 6. The van der Waals surface area contributed by atoms with E-state index in [0.717, 1.165) is 13.1 Å². The first-order valence-corrected chi connectivity index (χ1v) is 7.87. The Morgan fingerprint density at radius 1 is 1.28 bits per heavy atom. The summed E-state index contributed by atoms with van der Waals surface area (Å²) in [4.78, 5) is 0. The summed E-state index contributed by atoms with van der Waals surface area (Å²) in [7, 11) is 2.16. The highest BCUT2D eigenvalue weighted by Crippen LogP contribution is 2.24. The Labute approximate surface area is 114 Å². The summed E-state index contributed by atoms with van der Waals surface area (Å²) in [5, 5.41) is 4.92. The molecule has 2 aromatic rings. The van der Waals surface area contributed by atoms with Crippen molar-refractivity contribution >= 4 is 22.7 Å². The van der Waals surface area contributed by atoms with Crippen LogP contribution in [0.5, 0.6) is 0 Å².